The van der Waals surface area contributed by atoms with Crippen LogP contribution in [0.3, 0.4) is 0 Å². The van der Waals surface area contributed by atoms with Gasteiger partial charge in [0.1, 0.15) is 5.75 Å². The lowest BCUT2D eigenvalue weighted by atomic mass is 10.0. The molecule has 1 aliphatic rings. The van der Waals surface area contributed by atoms with Gasteiger partial charge in [-0.05, 0) is 56.5 Å². The Morgan fingerprint density at radius 2 is 1.85 bits per heavy atom. The SMILES string of the molecule is CCCN(C(=O)CCc1ccc(OC(F)(F)F)cc1)C1CCNCC1.Cl. The first-order valence-electron chi connectivity index (χ1n) is 8.74. The number of hydrogen-bond donors (Lipinski definition) is 1. The Morgan fingerprint density at radius 3 is 2.38 bits per heavy atom. The van der Waals surface area contributed by atoms with Crippen molar-refractivity contribution < 1.29 is 22.7 Å². The third-order valence-corrected chi connectivity index (χ3v) is 4.32. The molecule has 4 nitrogen and oxygen atoms in total. The molecule has 1 amide bonds. The highest BCUT2D eigenvalue weighted by molar-refractivity contribution is 5.85. The Kier molecular flexibility index (Phi) is 9.22. The lowest BCUT2D eigenvalue weighted by molar-refractivity contribution is -0.274. The third-order valence-electron chi connectivity index (χ3n) is 4.32. The molecule has 0 bridgehead atoms. The molecule has 1 aliphatic heterocycles. The Morgan fingerprint density at radius 1 is 1.23 bits per heavy atom. The standard InChI is InChI=1S/C18H25F3N2O2.ClH/c1-2-13-23(15-9-11-22-12-10-15)17(24)8-5-14-3-6-16(7-4-14)25-18(19,20)21;/h3-4,6-7,15,22H,2,5,8-13H2,1H3;1H. The van der Waals surface area contributed by atoms with Crippen molar-refractivity contribution in [3.8, 4) is 5.75 Å². The summed E-state index contributed by atoms with van der Waals surface area (Å²) in [5.41, 5.74) is 0.824. The number of rotatable bonds is 7. The number of alkyl halides is 3. The number of carbonyl (C=O) groups is 1. The van der Waals surface area contributed by atoms with Crippen molar-refractivity contribution in [2.75, 3.05) is 19.6 Å². The molecule has 8 heteroatoms. The molecule has 1 aromatic carbocycles. The molecule has 0 saturated carbocycles. The summed E-state index contributed by atoms with van der Waals surface area (Å²) < 4.78 is 40.3. The molecule has 1 fully saturated rings. The molecule has 0 unspecified atom stereocenters. The van der Waals surface area contributed by atoms with Crippen LogP contribution < -0.4 is 10.1 Å². The monoisotopic (exact) mass is 394 g/mol. The van der Waals surface area contributed by atoms with Gasteiger partial charge in [-0.15, -0.1) is 25.6 Å². The molecule has 0 atom stereocenters. The molecule has 26 heavy (non-hydrogen) atoms. The Labute approximate surface area is 158 Å². The minimum atomic E-state index is -4.69. The average Bonchev–Trinajstić information content (AvgIpc) is 2.58. The van der Waals surface area contributed by atoms with Gasteiger partial charge in [0.2, 0.25) is 5.91 Å². The predicted octanol–water partition coefficient (Wildman–Crippen LogP) is 3.93. The summed E-state index contributed by atoms with van der Waals surface area (Å²) in [5, 5.41) is 3.30. The summed E-state index contributed by atoms with van der Waals surface area (Å²) in [5.74, 6) is -0.130. The molecule has 1 saturated heterocycles. The number of nitrogens with one attached hydrogen (secondary N) is 1. The lowest BCUT2D eigenvalue weighted by Crippen LogP contribution is -2.46. The molecular weight excluding hydrogens is 369 g/mol. The molecule has 1 heterocycles. The van der Waals surface area contributed by atoms with E-state index in [1.807, 2.05) is 4.90 Å². The molecular formula is C18H26ClF3N2O2. The number of carbonyl (C=O) groups excluding carboxylic acids is 1. The van der Waals surface area contributed by atoms with E-state index in [0.29, 0.717) is 12.8 Å². The number of nitrogens with zero attached hydrogens (tertiary/aromatic N) is 1. The maximum atomic E-state index is 12.6. The minimum Gasteiger partial charge on any atom is -0.406 e. The van der Waals surface area contributed by atoms with Gasteiger partial charge in [-0.25, -0.2) is 0 Å². The Hall–Kier alpha value is -1.47. The van der Waals surface area contributed by atoms with Gasteiger partial charge in [-0.1, -0.05) is 19.1 Å². The number of ether oxygens (including phenoxy) is 1. The highest BCUT2D eigenvalue weighted by Crippen LogP contribution is 2.23. The second-order valence-electron chi connectivity index (χ2n) is 6.26. The van der Waals surface area contributed by atoms with Crippen LogP contribution in [0.5, 0.6) is 5.75 Å². The van der Waals surface area contributed by atoms with Crippen molar-refractivity contribution in [2.45, 2.75) is 51.4 Å². The van der Waals surface area contributed by atoms with E-state index in [2.05, 4.69) is 17.0 Å². The number of amides is 1. The molecule has 0 aliphatic carbocycles. The average molecular weight is 395 g/mol. The zero-order valence-electron chi connectivity index (χ0n) is 14.8. The van der Waals surface area contributed by atoms with E-state index >= 15 is 0 Å². The van der Waals surface area contributed by atoms with Crippen LogP contribution in [0.15, 0.2) is 24.3 Å². The highest BCUT2D eigenvalue weighted by atomic mass is 35.5. The van der Waals surface area contributed by atoms with Crippen LogP contribution in [0, 0.1) is 0 Å². The first-order chi connectivity index (χ1) is 11.9. The van der Waals surface area contributed by atoms with Crippen molar-refractivity contribution in [3.63, 3.8) is 0 Å². The topological polar surface area (TPSA) is 41.6 Å². The van der Waals surface area contributed by atoms with Crippen molar-refractivity contribution in [2.24, 2.45) is 0 Å². The van der Waals surface area contributed by atoms with Crippen LogP contribution in [0.25, 0.3) is 0 Å². The normalized spacial score (nSPS) is 15.2. The Balaban J connectivity index is 0.00000338. The molecule has 2 rings (SSSR count). The summed E-state index contributed by atoms with van der Waals surface area (Å²) in [4.78, 5) is 14.6. The summed E-state index contributed by atoms with van der Waals surface area (Å²) in [7, 11) is 0. The number of benzene rings is 1. The zero-order chi connectivity index (χ0) is 18.3. The minimum absolute atomic E-state index is 0. The van der Waals surface area contributed by atoms with Crippen LogP contribution >= 0.6 is 12.4 Å². The molecule has 148 valence electrons. The number of aryl methyl sites for hydroxylation is 1. The van der Waals surface area contributed by atoms with E-state index in [1.165, 1.54) is 12.1 Å². The molecule has 1 aromatic rings. The summed E-state index contributed by atoms with van der Waals surface area (Å²) >= 11 is 0. The van der Waals surface area contributed by atoms with E-state index in [-0.39, 0.29) is 30.1 Å². The van der Waals surface area contributed by atoms with Crippen molar-refractivity contribution in [1.29, 1.82) is 0 Å². The van der Waals surface area contributed by atoms with E-state index in [1.54, 1.807) is 12.1 Å². The van der Waals surface area contributed by atoms with Gasteiger partial charge >= 0.3 is 6.36 Å². The third kappa shape index (κ3) is 7.41. The van der Waals surface area contributed by atoms with Gasteiger partial charge in [0, 0.05) is 19.0 Å². The lowest BCUT2D eigenvalue weighted by Gasteiger charge is -2.34. The first-order valence-corrected chi connectivity index (χ1v) is 8.74. The number of halogens is 4. The van der Waals surface area contributed by atoms with Gasteiger partial charge in [0.05, 0.1) is 0 Å². The summed E-state index contributed by atoms with van der Waals surface area (Å²) in [6.07, 6.45) is -0.962. The largest absolute Gasteiger partial charge is 0.573 e. The number of piperidine rings is 1. The van der Waals surface area contributed by atoms with E-state index in [4.69, 9.17) is 0 Å². The zero-order valence-corrected chi connectivity index (χ0v) is 15.7. The van der Waals surface area contributed by atoms with Gasteiger partial charge in [0.15, 0.2) is 0 Å². The molecule has 1 N–H and O–H groups in total. The highest BCUT2D eigenvalue weighted by Gasteiger charge is 2.31. The van der Waals surface area contributed by atoms with Gasteiger partial charge in [0.25, 0.3) is 0 Å². The number of hydrogen-bond acceptors (Lipinski definition) is 3. The molecule has 0 radical (unpaired) electrons. The van der Waals surface area contributed by atoms with Crippen LogP contribution in [0.2, 0.25) is 0 Å². The quantitative estimate of drug-likeness (QED) is 0.761. The predicted molar refractivity (Wildman–Crippen MR) is 96.6 cm³/mol. The fraction of sp³-hybridized carbons (Fsp3) is 0.611. The van der Waals surface area contributed by atoms with Gasteiger partial charge in [-0.3, -0.25) is 4.79 Å². The van der Waals surface area contributed by atoms with Gasteiger partial charge in [-0.2, -0.15) is 0 Å². The Bertz CT molecular complexity index is 546. The van der Waals surface area contributed by atoms with Crippen LogP contribution in [-0.4, -0.2) is 42.8 Å². The van der Waals surface area contributed by atoms with Crippen LogP contribution in [0.4, 0.5) is 13.2 Å². The fourth-order valence-corrected chi connectivity index (χ4v) is 3.12. The second kappa shape index (κ2) is 10.6. The smallest absolute Gasteiger partial charge is 0.406 e. The summed E-state index contributed by atoms with van der Waals surface area (Å²) in [6, 6.07) is 6.00. The summed E-state index contributed by atoms with van der Waals surface area (Å²) in [6.45, 7) is 4.67. The fourth-order valence-electron chi connectivity index (χ4n) is 3.12. The van der Waals surface area contributed by atoms with E-state index in [0.717, 1.165) is 44.5 Å². The van der Waals surface area contributed by atoms with Crippen molar-refractivity contribution in [1.82, 2.24) is 10.2 Å². The van der Waals surface area contributed by atoms with Crippen LogP contribution in [0.1, 0.15) is 38.2 Å². The molecule has 0 aromatic heterocycles. The first kappa shape index (κ1) is 22.6. The van der Waals surface area contributed by atoms with E-state index in [9.17, 15) is 18.0 Å². The van der Waals surface area contributed by atoms with E-state index < -0.39 is 6.36 Å². The van der Waals surface area contributed by atoms with Crippen LogP contribution in [-0.2, 0) is 11.2 Å². The van der Waals surface area contributed by atoms with Crippen molar-refractivity contribution in [3.05, 3.63) is 29.8 Å². The van der Waals surface area contributed by atoms with Crippen molar-refractivity contribution >= 4 is 18.3 Å². The maximum Gasteiger partial charge on any atom is 0.573 e. The van der Waals surface area contributed by atoms with Gasteiger partial charge < -0.3 is 15.0 Å². The second-order valence-corrected chi connectivity index (χ2v) is 6.26. The molecule has 0 spiro atoms. The maximum absolute atomic E-state index is 12.6.